The monoisotopic (exact) mass is 300 g/mol. The van der Waals surface area contributed by atoms with Crippen molar-refractivity contribution in [1.82, 2.24) is 0 Å². The molecule has 2 radical (unpaired) electrons. The van der Waals surface area contributed by atoms with Crippen LogP contribution in [0.3, 0.4) is 0 Å². The Bertz CT molecular complexity index is 378. The fourth-order valence-electron chi connectivity index (χ4n) is 6.96. The highest BCUT2D eigenvalue weighted by Gasteiger charge is 2.61. The predicted octanol–water partition coefficient (Wildman–Crippen LogP) is 6.11. The molecule has 22 heavy (non-hydrogen) atoms. The SMILES string of the molecule is [B]CC12CCC3C(CC)CC(CC(C)CC1C2CCC)C3C. The Balaban J connectivity index is 1.80. The number of hydrogen-bond acceptors (Lipinski definition) is 0. The zero-order valence-corrected chi connectivity index (χ0v) is 15.5. The molecule has 0 spiro atoms. The van der Waals surface area contributed by atoms with Crippen LogP contribution in [0.2, 0.25) is 6.32 Å². The maximum atomic E-state index is 6.35. The van der Waals surface area contributed by atoms with Crippen LogP contribution in [0, 0.1) is 46.8 Å². The summed E-state index contributed by atoms with van der Waals surface area (Å²) in [4.78, 5) is 0. The van der Waals surface area contributed by atoms with E-state index >= 15 is 0 Å². The molecule has 2 bridgehead atoms. The van der Waals surface area contributed by atoms with Crippen LogP contribution in [0.4, 0.5) is 0 Å². The van der Waals surface area contributed by atoms with E-state index in [9.17, 15) is 0 Å². The minimum atomic E-state index is 0.539. The van der Waals surface area contributed by atoms with Crippen LogP contribution >= 0.6 is 0 Å². The molecular formula is C21H37B. The van der Waals surface area contributed by atoms with Gasteiger partial charge in [-0.3, -0.25) is 0 Å². The first-order valence-corrected chi connectivity index (χ1v) is 10.3. The molecule has 3 aliphatic carbocycles. The zero-order chi connectivity index (χ0) is 15.9. The van der Waals surface area contributed by atoms with Crippen LogP contribution < -0.4 is 0 Å². The fraction of sp³-hybridized carbons (Fsp3) is 1.00. The molecule has 1 heteroatoms. The normalized spacial score (nSPS) is 51.4. The quantitative estimate of drug-likeness (QED) is 0.549. The summed E-state index contributed by atoms with van der Waals surface area (Å²) in [7, 11) is 6.35. The van der Waals surface area contributed by atoms with E-state index in [1.807, 2.05) is 0 Å². The van der Waals surface area contributed by atoms with Gasteiger partial charge in [-0.15, -0.1) is 0 Å². The summed E-state index contributed by atoms with van der Waals surface area (Å²) in [6.07, 6.45) is 12.5. The van der Waals surface area contributed by atoms with Crippen molar-refractivity contribution in [3.8, 4) is 0 Å². The van der Waals surface area contributed by atoms with Crippen LogP contribution in [0.1, 0.15) is 79.1 Å². The maximum absolute atomic E-state index is 6.35. The van der Waals surface area contributed by atoms with Gasteiger partial charge in [0.15, 0.2) is 0 Å². The van der Waals surface area contributed by atoms with Crippen molar-refractivity contribution in [2.45, 2.75) is 85.4 Å². The topological polar surface area (TPSA) is 0 Å². The summed E-state index contributed by atoms with van der Waals surface area (Å²) < 4.78 is 0. The lowest BCUT2D eigenvalue weighted by Gasteiger charge is -2.29. The van der Waals surface area contributed by atoms with E-state index in [0.717, 1.165) is 47.7 Å². The second kappa shape index (κ2) is 6.52. The highest BCUT2D eigenvalue weighted by molar-refractivity contribution is 6.09. The standard InChI is InChI=1S/C21H37B/c1-5-7-19-20-11-14(3)10-17-12-16(6-2)18(15(17)4)8-9-21(19,20)13-22/h14-20H,5-13H2,1-4H3. The van der Waals surface area contributed by atoms with E-state index < -0.39 is 0 Å². The van der Waals surface area contributed by atoms with Gasteiger partial charge in [0, 0.05) is 0 Å². The van der Waals surface area contributed by atoms with Crippen LogP contribution in [0.15, 0.2) is 0 Å². The molecule has 0 N–H and O–H groups in total. The average molecular weight is 300 g/mol. The molecule has 0 nitrogen and oxygen atoms in total. The molecule has 0 heterocycles. The molecule has 3 fully saturated rings. The van der Waals surface area contributed by atoms with Crippen molar-refractivity contribution < 1.29 is 0 Å². The Morgan fingerprint density at radius 2 is 1.86 bits per heavy atom. The van der Waals surface area contributed by atoms with Gasteiger partial charge in [-0.25, -0.2) is 0 Å². The van der Waals surface area contributed by atoms with E-state index in [1.165, 1.54) is 51.4 Å². The highest BCUT2D eigenvalue weighted by Crippen LogP contribution is 2.69. The van der Waals surface area contributed by atoms with Crippen LogP contribution in [-0.2, 0) is 0 Å². The van der Waals surface area contributed by atoms with Crippen molar-refractivity contribution in [3.63, 3.8) is 0 Å². The van der Waals surface area contributed by atoms with Gasteiger partial charge in [0.25, 0.3) is 0 Å². The van der Waals surface area contributed by atoms with Gasteiger partial charge in [-0.2, -0.15) is 0 Å². The van der Waals surface area contributed by atoms with Crippen molar-refractivity contribution >= 4 is 7.85 Å². The molecular weight excluding hydrogens is 263 g/mol. The van der Waals surface area contributed by atoms with E-state index in [2.05, 4.69) is 27.7 Å². The third kappa shape index (κ3) is 2.69. The first-order valence-electron chi connectivity index (χ1n) is 10.3. The smallest absolute Gasteiger partial charge is 0.0660 e. The fourth-order valence-corrected chi connectivity index (χ4v) is 6.96. The summed E-state index contributed by atoms with van der Waals surface area (Å²) in [5.74, 6) is 6.80. The minimum Gasteiger partial charge on any atom is -0.0826 e. The zero-order valence-electron chi connectivity index (χ0n) is 15.5. The van der Waals surface area contributed by atoms with Crippen LogP contribution in [0.25, 0.3) is 0 Å². The van der Waals surface area contributed by atoms with E-state index in [4.69, 9.17) is 7.85 Å². The number of fused-ring (bicyclic) bond motifs is 3. The van der Waals surface area contributed by atoms with Crippen LogP contribution in [-0.4, -0.2) is 7.85 Å². The first kappa shape index (κ1) is 16.9. The largest absolute Gasteiger partial charge is 0.0826 e. The van der Waals surface area contributed by atoms with Gasteiger partial charge >= 0.3 is 0 Å². The van der Waals surface area contributed by atoms with Gasteiger partial charge in [0.05, 0.1) is 7.85 Å². The lowest BCUT2D eigenvalue weighted by Crippen LogP contribution is -2.20. The Kier molecular flexibility index (Phi) is 5.01. The predicted molar refractivity (Wildman–Crippen MR) is 97.1 cm³/mol. The second-order valence-electron chi connectivity index (χ2n) is 9.24. The number of rotatable bonds is 4. The van der Waals surface area contributed by atoms with Gasteiger partial charge < -0.3 is 0 Å². The molecule has 3 aliphatic rings. The molecule has 3 saturated carbocycles. The summed E-state index contributed by atoms with van der Waals surface area (Å²) in [5.41, 5.74) is 0.539. The van der Waals surface area contributed by atoms with Gasteiger partial charge in [-0.05, 0) is 85.4 Å². The third-order valence-electron chi connectivity index (χ3n) is 8.29. The third-order valence-corrected chi connectivity index (χ3v) is 8.29. The highest BCUT2D eigenvalue weighted by atomic mass is 14.7. The second-order valence-corrected chi connectivity index (χ2v) is 9.24. The van der Waals surface area contributed by atoms with E-state index in [1.54, 1.807) is 0 Å². The van der Waals surface area contributed by atoms with E-state index in [-0.39, 0.29) is 0 Å². The van der Waals surface area contributed by atoms with Gasteiger partial charge in [0.2, 0.25) is 0 Å². The summed E-state index contributed by atoms with van der Waals surface area (Å²) in [5, 5.41) is 0. The Morgan fingerprint density at radius 1 is 1.09 bits per heavy atom. The Morgan fingerprint density at radius 3 is 2.50 bits per heavy atom. The summed E-state index contributed by atoms with van der Waals surface area (Å²) >= 11 is 0. The van der Waals surface area contributed by atoms with Crippen molar-refractivity contribution in [1.29, 1.82) is 0 Å². The Labute approximate surface area is 140 Å². The first-order chi connectivity index (χ1) is 10.6. The molecule has 0 aromatic heterocycles. The minimum absolute atomic E-state index is 0.539. The van der Waals surface area contributed by atoms with Crippen molar-refractivity contribution in [3.05, 3.63) is 0 Å². The summed E-state index contributed by atoms with van der Waals surface area (Å²) in [6, 6.07) is 0. The van der Waals surface area contributed by atoms with Crippen molar-refractivity contribution in [2.75, 3.05) is 0 Å². The molecule has 8 atom stereocenters. The van der Waals surface area contributed by atoms with E-state index in [0.29, 0.717) is 5.41 Å². The van der Waals surface area contributed by atoms with Gasteiger partial charge in [0.1, 0.15) is 0 Å². The molecule has 0 aromatic carbocycles. The molecule has 0 aromatic rings. The van der Waals surface area contributed by atoms with Gasteiger partial charge in [-0.1, -0.05) is 46.9 Å². The average Bonchev–Trinajstić information content (AvgIpc) is 2.98. The van der Waals surface area contributed by atoms with Crippen LogP contribution in [0.5, 0.6) is 0 Å². The maximum Gasteiger partial charge on any atom is 0.0660 e. The lowest BCUT2D eigenvalue weighted by atomic mass is 9.73. The molecule has 0 amide bonds. The molecule has 8 unspecified atom stereocenters. The summed E-state index contributed by atoms with van der Waals surface area (Å²) in [6.45, 7) is 9.89. The number of hydrogen-bond donors (Lipinski definition) is 0. The molecule has 0 aliphatic heterocycles. The molecule has 3 rings (SSSR count). The molecule has 0 saturated heterocycles. The Hall–Kier alpha value is 0.0649. The van der Waals surface area contributed by atoms with Crippen molar-refractivity contribution in [2.24, 2.45) is 46.8 Å². The molecule has 124 valence electrons. The lowest BCUT2D eigenvalue weighted by molar-refractivity contribution is 0.219.